The van der Waals surface area contributed by atoms with Crippen LogP contribution in [-0.2, 0) is 11.2 Å². The molecule has 2 fully saturated rings. The van der Waals surface area contributed by atoms with Gasteiger partial charge in [-0.3, -0.25) is 4.79 Å². The van der Waals surface area contributed by atoms with E-state index in [1.54, 1.807) is 11.0 Å². The van der Waals surface area contributed by atoms with Gasteiger partial charge >= 0.3 is 12.7 Å². The lowest BCUT2D eigenvalue weighted by atomic mass is 9.70. The number of fused-ring (bicyclic) bond motifs is 1. The summed E-state index contributed by atoms with van der Waals surface area (Å²) in [6.45, 7) is -2.49. The molecule has 3 N–H and O–H groups in total. The molecule has 10 heteroatoms. The van der Waals surface area contributed by atoms with Crippen molar-refractivity contribution in [2.45, 2.75) is 44.3 Å². The molecule has 152 valence electrons. The highest BCUT2D eigenvalue weighted by molar-refractivity contribution is 6.59. The average Bonchev–Trinajstić information content (AvgIpc) is 3.02. The summed E-state index contributed by atoms with van der Waals surface area (Å²) in [5, 5.41) is 29.1. The highest BCUT2D eigenvalue weighted by atomic mass is 19.1. The summed E-state index contributed by atoms with van der Waals surface area (Å²) in [7, 11) is 0. The SMILES string of the molecule is O=C(O)c1c(OC2CN(C(=O)[C@H]3CC[C@@H](F)C3)C2)ccc2c1O[B-](O)(O)CC2. The van der Waals surface area contributed by atoms with Gasteiger partial charge in [-0.05, 0) is 37.3 Å². The predicted octanol–water partition coefficient (Wildman–Crippen LogP) is 0.971. The minimum Gasteiger partial charge on any atom is -0.669 e. The molecule has 1 aromatic rings. The molecule has 1 saturated heterocycles. The smallest absolute Gasteiger partial charge is 0.430 e. The van der Waals surface area contributed by atoms with Crippen LogP contribution < -0.4 is 9.39 Å². The molecule has 0 aromatic heterocycles. The van der Waals surface area contributed by atoms with Crippen LogP contribution in [0.1, 0.15) is 35.2 Å². The molecule has 2 aliphatic heterocycles. The van der Waals surface area contributed by atoms with E-state index >= 15 is 0 Å². The van der Waals surface area contributed by atoms with Crippen LogP contribution in [0.15, 0.2) is 12.1 Å². The molecule has 0 radical (unpaired) electrons. The number of carbonyl (C=O) groups excluding carboxylic acids is 1. The third kappa shape index (κ3) is 3.54. The molecule has 1 saturated carbocycles. The average molecular weight is 394 g/mol. The number of nitrogens with zero attached hydrogens (tertiary/aromatic N) is 1. The van der Waals surface area contributed by atoms with Gasteiger partial charge in [0.25, 0.3) is 0 Å². The molecule has 3 aliphatic rings. The number of aromatic carboxylic acids is 1. The molecule has 1 amide bonds. The van der Waals surface area contributed by atoms with Crippen LogP contribution >= 0.6 is 0 Å². The van der Waals surface area contributed by atoms with E-state index in [9.17, 15) is 29.1 Å². The van der Waals surface area contributed by atoms with E-state index < -0.39 is 18.9 Å². The number of alkyl halides is 1. The van der Waals surface area contributed by atoms with E-state index in [1.807, 2.05) is 0 Å². The number of likely N-dealkylation sites (tertiary alicyclic amines) is 1. The fraction of sp³-hybridized carbons (Fsp3) is 0.556. The van der Waals surface area contributed by atoms with Crippen LogP contribution in [0.2, 0.25) is 6.32 Å². The Morgan fingerprint density at radius 1 is 1.25 bits per heavy atom. The molecular formula is C18H22BFNO7-. The summed E-state index contributed by atoms with van der Waals surface area (Å²) in [5.41, 5.74) is 0.310. The summed E-state index contributed by atoms with van der Waals surface area (Å²) >= 11 is 0. The zero-order valence-electron chi connectivity index (χ0n) is 15.2. The van der Waals surface area contributed by atoms with Crippen molar-refractivity contribution in [1.29, 1.82) is 0 Å². The Hall–Kier alpha value is -2.33. The Morgan fingerprint density at radius 2 is 2.00 bits per heavy atom. The van der Waals surface area contributed by atoms with E-state index in [0.717, 1.165) is 0 Å². The second kappa shape index (κ2) is 6.93. The Morgan fingerprint density at radius 3 is 2.64 bits per heavy atom. The Balaban J connectivity index is 1.45. The Kier molecular flexibility index (Phi) is 4.71. The first-order chi connectivity index (χ1) is 13.2. The number of ether oxygens (including phenoxy) is 1. The lowest BCUT2D eigenvalue weighted by Gasteiger charge is -2.41. The third-order valence-electron chi connectivity index (χ3n) is 5.68. The monoisotopic (exact) mass is 394 g/mol. The van der Waals surface area contributed by atoms with Crippen LogP contribution in [0.4, 0.5) is 4.39 Å². The zero-order valence-corrected chi connectivity index (χ0v) is 15.2. The first-order valence-corrected chi connectivity index (χ1v) is 9.51. The van der Waals surface area contributed by atoms with E-state index in [1.165, 1.54) is 6.07 Å². The molecule has 2 atom stereocenters. The first kappa shape index (κ1) is 19.0. The Bertz CT molecular complexity index is 811. The minimum atomic E-state index is -3.10. The van der Waals surface area contributed by atoms with Crippen molar-refractivity contribution in [3.63, 3.8) is 0 Å². The number of halogens is 1. The molecule has 28 heavy (non-hydrogen) atoms. The molecule has 1 aliphatic carbocycles. The summed E-state index contributed by atoms with van der Waals surface area (Å²) in [4.78, 5) is 25.7. The van der Waals surface area contributed by atoms with Gasteiger partial charge in [0, 0.05) is 5.92 Å². The van der Waals surface area contributed by atoms with Crippen molar-refractivity contribution < 1.29 is 38.5 Å². The van der Waals surface area contributed by atoms with E-state index in [2.05, 4.69) is 0 Å². The normalized spacial score (nSPS) is 26.2. The van der Waals surface area contributed by atoms with Gasteiger partial charge in [0.05, 0.1) is 18.8 Å². The summed E-state index contributed by atoms with van der Waals surface area (Å²) in [6.07, 6.45) is 0.211. The standard InChI is InChI=1S/C18H22BFNO7/c20-12-3-1-11(7-12)17(22)21-8-13(9-21)27-14-4-2-10-5-6-19(25,26)28-16(10)15(14)18(23)24/h2,4,11-13,25-26H,1,3,5-9H2,(H,23,24)/q-1/t11-,12+/m0/s1. The number of hydrogen-bond acceptors (Lipinski definition) is 6. The second-order valence-electron chi connectivity index (χ2n) is 7.84. The largest absolute Gasteiger partial charge is 0.669 e. The highest BCUT2D eigenvalue weighted by Crippen LogP contribution is 2.39. The second-order valence-corrected chi connectivity index (χ2v) is 7.84. The molecule has 2 heterocycles. The summed E-state index contributed by atoms with van der Waals surface area (Å²) < 4.78 is 24.2. The third-order valence-corrected chi connectivity index (χ3v) is 5.68. The maximum Gasteiger partial charge on any atom is 0.430 e. The van der Waals surface area contributed by atoms with Gasteiger partial charge < -0.3 is 29.4 Å². The number of carboxylic acid groups (broad SMARTS) is 1. The van der Waals surface area contributed by atoms with Gasteiger partial charge in [0.2, 0.25) is 5.91 Å². The summed E-state index contributed by atoms with van der Waals surface area (Å²) in [5.74, 6) is -1.70. The lowest BCUT2D eigenvalue weighted by Crippen LogP contribution is -2.57. The van der Waals surface area contributed by atoms with Crippen LogP contribution in [0.3, 0.4) is 0 Å². The van der Waals surface area contributed by atoms with Crippen molar-refractivity contribution >= 4 is 18.6 Å². The Labute approximate surface area is 160 Å². The van der Waals surface area contributed by atoms with Gasteiger partial charge in [-0.25, -0.2) is 9.18 Å². The number of amides is 1. The lowest BCUT2D eigenvalue weighted by molar-refractivity contribution is -0.144. The van der Waals surface area contributed by atoms with Crippen LogP contribution in [0.5, 0.6) is 11.5 Å². The van der Waals surface area contributed by atoms with Crippen LogP contribution in [0, 0.1) is 5.92 Å². The minimum absolute atomic E-state index is 0.00708. The maximum absolute atomic E-state index is 13.3. The van der Waals surface area contributed by atoms with Gasteiger partial charge in [0.15, 0.2) is 0 Å². The molecule has 0 unspecified atom stereocenters. The number of carbonyl (C=O) groups is 2. The molecule has 1 aromatic carbocycles. The van der Waals surface area contributed by atoms with E-state index in [4.69, 9.17) is 9.39 Å². The number of hydrogen-bond donors (Lipinski definition) is 3. The van der Waals surface area contributed by atoms with Gasteiger partial charge in [-0.15, -0.1) is 0 Å². The fourth-order valence-corrected chi connectivity index (χ4v) is 4.11. The summed E-state index contributed by atoms with van der Waals surface area (Å²) in [6, 6.07) is 3.17. The van der Waals surface area contributed by atoms with E-state index in [0.29, 0.717) is 31.5 Å². The van der Waals surface area contributed by atoms with Crippen molar-refractivity contribution in [3.8, 4) is 11.5 Å². The molecule has 4 rings (SSSR count). The topological polar surface area (TPSA) is 117 Å². The van der Waals surface area contributed by atoms with Crippen molar-refractivity contribution in [1.82, 2.24) is 4.90 Å². The zero-order chi connectivity index (χ0) is 20.1. The maximum atomic E-state index is 13.3. The van der Waals surface area contributed by atoms with Crippen molar-refractivity contribution in [3.05, 3.63) is 23.3 Å². The quantitative estimate of drug-likeness (QED) is 0.652. The molecule has 8 nitrogen and oxygen atoms in total. The first-order valence-electron chi connectivity index (χ1n) is 9.51. The van der Waals surface area contributed by atoms with Gasteiger partial charge in [-0.1, -0.05) is 12.4 Å². The van der Waals surface area contributed by atoms with Crippen LogP contribution in [0.25, 0.3) is 0 Å². The van der Waals surface area contributed by atoms with Crippen LogP contribution in [-0.4, -0.2) is 64.1 Å². The van der Waals surface area contributed by atoms with Gasteiger partial charge in [-0.2, -0.15) is 0 Å². The van der Waals surface area contributed by atoms with Gasteiger partial charge in [0.1, 0.15) is 23.6 Å². The molecule has 0 spiro atoms. The highest BCUT2D eigenvalue weighted by Gasteiger charge is 2.40. The number of carboxylic acids is 1. The number of aryl methyl sites for hydroxylation is 1. The molecule has 0 bridgehead atoms. The molecular weight excluding hydrogens is 372 g/mol. The fourth-order valence-electron chi connectivity index (χ4n) is 4.11. The number of rotatable bonds is 4. The van der Waals surface area contributed by atoms with Crippen molar-refractivity contribution in [2.75, 3.05) is 13.1 Å². The number of benzene rings is 1. The predicted molar refractivity (Wildman–Crippen MR) is 96.0 cm³/mol. The van der Waals surface area contributed by atoms with E-state index in [-0.39, 0.29) is 54.2 Å². The van der Waals surface area contributed by atoms with Crippen molar-refractivity contribution in [2.24, 2.45) is 5.92 Å².